The first-order valence-electron chi connectivity index (χ1n) is 6.83. The molecule has 0 N–H and O–H groups in total. The van der Waals surface area contributed by atoms with Gasteiger partial charge in [0.25, 0.3) is 0 Å². The van der Waals surface area contributed by atoms with Crippen LogP contribution in [0.2, 0.25) is 0 Å². The summed E-state index contributed by atoms with van der Waals surface area (Å²) in [6.07, 6.45) is 2.42. The molecule has 2 unspecified atom stereocenters. The smallest absolute Gasteiger partial charge is 0.0210 e. The van der Waals surface area contributed by atoms with E-state index < -0.39 is 0 Å². The van der Waals surface area contributed by atoms with E-state index in [1.54, 1.807) is 0 Å². The molecule has 0 fully saturated rings. The summed E-state index contributed by atoms with van der Waals surface area (Å²) in [5.41, 5.74) is 2.93. The molecule has 0 saturated carbocycles. The number of thioether (sulfide) groups is 1. The molecule has 3 rings (SSSR count). The lowest BCUT2D eigenvalue weighted by Crippen LogP contribution is -2.10. The van der Waals surface area contributed by atoms with Gasteiger partial charge in [-0.1, -0.05) is 68.3 Å². The normalized spacial score (nSPS) is 18.8. The predicted octanol–water partition coefficient (Wildman–Crippen LogP) is 6.03. The Morgan fingerprint density at radius 3 is 2.60 bits per heavy atom. The molecule has 0 spiro atoms. The van der Waals surface area contributed by atoms with E-state index in [9.17, 15) is 0 Å². The second-order valence-electron chi connectivity index (χ2n) is 5.16. The van der Waals surface area contributed by atoms with E-state index in [-0.39, 0.29) is 0 Å². The summed E-state index contributed by atoms with van der Waals surface area (Å²) in [4.78, 5) is 1.47. The zero-order valence-electron chi connectivity index (χ0n) is 11.1. The molecule has 0 aliphatic carbocycles. The second kappa shape index (κ2) is 6.67. The Hall–Kier alpha value is -0.250. The Labute approximate surface area is 141 Å². The molecular weight excluding hydrogens is 396 g/mol. The van der Waals surface area contributed by atoms with Gasteiger partial charge in [0.1, 0.15) is 0 Å². The number of benzene rings is 2. The minimum Gasteiger partial charge on any atom is -0.122 e. The fraction of sp³-hybridized carbons (Fsp3) is 0.294. The molecule has 2 aromatic rings. The average molecular weight is 412 g/mol. The number of halogens is 2. The predicted molar refractivity (Wildman–Crippen MR) is 95.1 cm³/mol. The van der Waals surface area contributed by atoms with E-state index in [1.165, 1.54) is 33.3 Å². The lowest BCUT2D eigenvalue weighted by molar-refractivity contribution is 0.661. The maximum Gasteiger partial charge on any atom is 0.0210 e. The van der Waals surface area contributed by atoms with Crippen LogP contribution in [0.5, 0.6) is 0 Å². The van der Waals surface area contributed by atoms with Crippen LogP contribution in [0.15, 0.2) is 57.9 Å². The van der Waals surface area contributed by atoms with Crippen molar-refractivity contribution in [1.29, 1.82) is 0 Å². The van der Waals surface area contributed by atoms with E-state index in [2.05, 4.69) is 80.4 Å². The summed E-state index contributed by atoms with van der Waals surface area (Å²) >= 11 is 9.43. The molecule has 0 nitrogen and oxygen atoms in total. The molecule has 2 atom stereocenters. The zero-order valence-corrected chi connectivity index (χ0v) is 15.0. The van der Waals surface area contributed by atoms with Gasteiger partial charge in [-0.05, 0) is 42.0 Å². The number of hydrogen-bond acceptors (Lipinski definition) is 1. The van der Waals surface area contributed by atoms with Crippen molar-refractivity contribution in [1.82, 2.24) is 0 Å². The number of rotatable bonds is 4. The zero-order chi connectivity index (χ0) is 13.9. The molecule has 1 aliphatic rings. The monoisotopic (exact) mass is 410 g/mol. The van der Waals surface area contributed by atoms with E-state index in [0.717, 1.165) is 5.33 Å². The fourth-order valence-corrected chi connectivity index (χ4v) is 5.41. The lowest BCUT2D eigenvalue weighted by atomic mass is 9.94. The lowest BCUT2D eigenvalue weighted by Gasteiger charge is -2.19. The summed E-state index contributed by atoms with van der Waals surface area (Å²) in [6, 6.07) is 17.4. The van der Waals surface area contributed by atoms with Gasteiger partial charge in [-0.2, -0.15) is 0 Å². The van der Waals surface area contributed by atoms with Crippen molar-refractivity contribution in [3.63, 3.8) is 0 Å². The summed E-state index contributed by atoms with van der Waals surface area (Å²) in [5.74, 6) is 0.567. The Morgan fingerprint density at radius 1 is 1.10 bits per heavy atom. The van der Waals surface area contributed by atoms with Gasteiger partial charge in [-0.25, -0.2) is 0 Å². The maximum atomic E-state index is 3.70. The van der Waals surface area contributed by atoms with Crippen LogP contribution in [0, 0.1) is 0 Å². The van der Waals surface area contributed by atoms with Crippen LogP contribution < -0.4 is 0 Å². The van der Waals surface area contributed by atoms with Crippen LogP contribution in [0.1, 0.15) is 23.5 Å². The maximum absolute atomic E-state index is 3.70. The molecule has 2 aromatic carbocycles. The van der Waals surface area contributed by atoms with Gasteiger partial charge in [0.05, 0.1) is 0 Å². The Morgan fingerprint density at radius 2 is 1.85 bits per heavy atom. The minimum absolute atomic E-state index is 0.567. The van der Waals surface area contributed by atoms with Crippen LogP contribution in [0.4, 0.5) is 0 Å². The van der Waals surface area contributed by atoms with Gasteiger partial charge in [-0.15, -0.1) is 11.8 Å². The first kappa shape index (κ1) is 14.7. The van der Waals surface area contributed by atoms with E-state index in [4.69, 9.17) is 0 Å². The van der Waals surface area contributed by atoms with Gasteiger partial charge in [0.15, 0.2) is 0 Å². The topological polar surface area (TPSA) is 0 Å². The van der Waals surface area contributed by atoms with Crippen LogP contribution in [0.3, 0.4) is 0 Å². The van der Waals surface area contributed by atoms with Gasteiger partial charge >= 0.3 is 0 Å². The highest BCUT2D eigenvalue weighted by Gasteiger charge is 2.25. The molecule has 0 amide bonds. The first-order valence-corrected chi connectivity index (χ1v) is 9.62. The number of hydrogen-bond donors (Lipinski definition) is 0. The van der Waals surface area contributed by atoms with Gasteiger partial charge in [0, 0.05) is 19.9 Å². The summed E-state index contributed by atoms with van der Waals surface area (Å²) in [6.45, 7) is 0. The van der Waals surface area contributed by atoms with Gasteiger partial charge in [0.2, 0.25) is 0 Å². The van der Waals surface area contributed by atoms with Crippen molar-refractivity contribution in [2.24, 2.45) is 0 Å². The van der Waals surface area contributed by atoms with Crippen molar-refractivity contribution in [3.05, 3.63) is 64.1 Å². The van der Waals surface area contributed by atoms with Gasteiger partial charge < -0.3 is 0 Å². The van der Waals surface area contributed by atoms with Crippen molar-refractivity contribution in [2.75, 3.05) is 5.33 Å². The molecule has 0 saturated heterocycles. The SMILES string of the molecule is BrCC(CC1Cc2ccccc2S1)c1ccccc1Br. The minimum atomic E-state index is 0.567. The number of alkyl halides is 1. The highest BCUT2D eigenvalue weighted by molar-refractivity contribution is 9.10. The highest BCUT2D eigenvalue weighted by atomic mass is 79.9. The molecular formula is C17H16Br2S. The molecule has 0 bridgehead atoms. The molecule has 104 valence electrons. The van der Waals surface area contributed by atoms with Crippen LogP contribution >= 0.6 is 43.6 Å². The van der Waals surface area contributed by atoms with Crippen molar-refractivity contribution >= 4 is 43.6 Å². The fourth-order valence-electron chi connectivity index (χ4n) is 2.78. The van der Waals surface area contributed by atoms with E-state index in [0.29, 0.717) is 11.2 Å². The van der Waals surface area contributed by atoms with Crippen LogP contribution in [0.25, 0.3) is 0 Å². The third-order valence-electron chi connectivity index (χ3n) is 3.79. The third kappa shape index (κ3) is 3.15. The summed E-state index contributed by atoms with van der Waals surface area (Å²) in [7, 11) is 0. The molecule has 3 heteroatoms. The third-order valence-corrected chi connectivity index (χ3v) is 6.64. The first-order chi connectivity index (χ1) is 9.78. The van der Waals surface area contributed by atoms with Crippen molar-refractivity contribution < 1.29 is 0 Å². The average Bonchev–Trinajstić information content (AvgIpc) is 2.88. The standard InChI is InChI=1S/C17H16Br2S/c18-11-13(15-6-2-3-7-16(15)19)10-14-9-12-5-1-4-8-17(12)20-14/h1-8,13-14H,9-11H2. The molecule has 0 radical (unpaired) electrons. The van der Waals surface area contributed by atoms with Gasteiger partial charge in [-0.3, -0.25) is 0 Å². The molecule has 20 heavy (non-hydrogen) atoms. The summed E-state index contributed by atoms with van der Waals surface area (Å²) < 4.78 is 1.23. The highest BCUT2D eigenvalue weighted by Crippen LogP contribution is 2.42. The Bertz CT molecular complexity index is 572. The quantitative estimate of drug-likeness (QED) is 0.553. The largest absolute Gasteiger partial charge is 0.122 e. The molecule has 1 heterocycles. The van der Waals surface area contributed by atoms with Crippen molar-refractivity contribution in [3.8, 4) is 0 Å². The van der Waals surface area contributed by atoms with E-state index >= 15 is 0 Å². The number of fused-ring (bicyclic) bond motifs is 1. The van der Waals surface area contributed by atoms with E-state index in [1.807, 2.05) is 11.8 Å². The van der Waals surface area contributed by atoms with Crippen LogP contribution in [-0.4, -0.2) is 10.6 Å². The summed E-state index contributed by atoms with van der Waals surface area (Å²) in [5, 5.41) is 1.71. The Balaban J connectivity index is 1.73. The second-order valence-corrected chi connectivity index (χ2v) is 8.00. The Kier molecular flexibility index (Phi) is 4.90. The van der Waals surface area contributed by atoms with Crippen molar-refractivity contribution in [2.45, 2.75) is 28.9 Å². The van der Waals surface area contributed by atoms with Crippen LogP contribution in [-0.2, 0) is 6.42 Å². The molecule has 0 aromatic heterocycles. The molecule has 1 aliphatic heterocycles.